The molecule has 0 N–H and O–H groups in total. The molecule has 0 radical (unpaired) electrons. The van der Waals surface area contributed by atoms with Crippen molar-refractivity contribution in [3.8, 4) is 0 Å². The van der Waals surface area contributed by atoms with Gasteiger partial charge in [-0.2, -0.15) is 0 Å². The van der Waals surface area contributed by atoms with Gasteiger partial charge < -0.3 is 4.57 Å². The van der Waals surface area contributed by atoms with Crippen molar-refractivity contribution in [2.75, 3.05) is 0 Å². The van der Waals surface area contributed by atoms with Gasteiger partial charge in [-0.3, -0.25) is 4.79 Å². The van der Waals surface area contributed by atoms with E-state index < -0.39 is 0 Å². The lowest BCUT2D eigenvalue weighted by Gasteiger charge is -2.14. The summed E-state index contributed by atoms with van der Waals surface area (Å²) in [6.07, 6.45) is 3.85. The summed E-state index contributed by atoms with van der Waals surface area (Å²) in [6, 6.07) is 8.28. The van der Waals surface area contributed by atoms with Crippen LogP contribution in [-0.4, -0.2) is 10.9 Å². The van der Waals surface area contributed by atoms with Gasteiger partial charge in [-0.15, -0.1) is 11.3 Å². The molecule has 2 rings (SSSR count). The van der Waals surface area contributed by atoms with Gasteiger partial charge >= 0.3 is 0 Å². The topological polar surface area (TPSA) is 22.0 Å². The van der Waals surface area contributed by atoms with E-state index in [1.165, 1.54) is 4.88 Å². The number of aromatic nitrogens is 1. The Kier molecular flexibility index (Phi) is 3.02. The number of thiophene rings is 1. The van der Waals surface area contributed by atoms with Crippen LogP contribution in [0.25, 0.3) is 0 Å². The summed E-state index contributed by atoms with van der Waals surface area (Å²) in [6.45, 7) is 2.13. The molecular weight excluding hydrogens is 206 g/mol. The highest BCUT2D eigenvalue weighted by Crippen LogP contribution is 2.19. The molecule has 0 bridgehead atoms. The molecule has 3 heteroatoms. The summed E-state index contributed by atoms with van der Waals surface area (Å²) >= 11 is 1.76. The number of nitrogens with zero attached hydrogens (tertiary/aromatic N) is 1. The van der Waals surface area contributed by atoms with Crippen LogP contribution in [0.1, 0.15) is 28.3 Å². The van der Waals surface area contributed by atoms with Crippen LogP contribution in [-0.2, 0) is 6.42 Å². The van der Waals surface area contributed by atoms with E-state index in [-0.39, 0.29) is 0 Å². The number of aldehydes is 1. The first-order valence-electron chi connectivity index (χ1n) is 4.95. The van der Waals surface area contributed by atoms with E-state index in [1.54, 1.807) is 11.3 Å². The Balaban J connectivity index is 2.14. The number of rotatable bonds is 4. The molecule has 1 atom stereocenters. The third-order valence-electron chi connectivity index (χ3n) is 2.48. The number of carbonyl (C=O) groups excluding carboxylic acids is 1. The van der Waals surface area contributed by atoms with Crippen molar-refractivity contribution >= 4 is 17.6 Å². The van der Waals surface area contributed by atoms with E-state index >= 15 is 0 Å². The second-order valence-electron chi connectivity index (χ2n) is 3.59. The molecule has 15 heavy (non-hydrogen) atoms. The highest BCUT2D eigenvalue weighted by Gasteiger charge is 2.09. The van der Waals surface area contributed by atoms with Crippen molar-refractivity contribution in [3.05, 3.63) is 46.4 Å². The van der Waals surface area contributed by atoms with Crippen LogP contribution in [0.4, 0.5) is 0 Å². The largest absolute Gasteiger partial charge is 0.342 e. The second kappa shape index (κ2) is 4.45. The SMILES string of the molecule is CC(Cc1cccs1)n1cccc1C=O. The van der Waals surface area contributed by atoms with Crippen molar-refractivity contribution in [2.45, 2.75) is 19.4 Å². The summed E-state index contributed by atoms with van der Waals surface area (Å²) < 4.78 is 2.02. The Morgan fingerprint density at radius 1 is 1.47 bits per heavy atom. The average molecular weight is 219 g/mol. The molecule has 0 aliphatic heterocycles. The first kappa shape index (κ1) is 10.2. The fraction of sp³-hybridized carbons (Fsp3) is 0.250. The van der Waals surface area contributed by atoms with E-state index in [2.05, 4.69) is 24.4 Å². The molecule has 2 heterocycles. The van der Waals surface area contributed by atoms with Crippen LogP contribution >= 0.6 is 11.3 Å². The summed E-state index contributed by atoms with van der Waals surface area (Å²) in [5.41, 5.74) is 0.749. The Bertz CT molecular complexity index is 430. The van der Waals surface area contributed by atoms with Crippen LogP contribution in [0, 0.1) is 0 Å². The van der Waals surface area contributed by atoms with E-state index in [0.717, 1.165) is 18.4 Å². The van der Waals surface area contributed by atoms with Crippen molar-refractivity contribution in [2.24, 2.45) is 0 Å². The van der Waals surface area contributed by atoms with E-state index in [9.17, 15) is 4.79 Å². The summed E-state index contributed by atoms with van der Waals surface area (Å²) in [5.74, 6) is 0. The molecule has 0 spiro atoms. The summed E-state index contributed by atoms with van der Waals surface area (Å²) in [7, 11) is 0. The predicted octanol–water partition coefficient (Wildman–Crippen LogP) is 3.17. The van der Waals surface area contributed by atoms with Crippen LogP contribution in [0.2, 0.25) is 0 Å². The standard InChI is InChI=1S/C12H13NOS/c1-10(8-12-5-3-7-15-12)13-6-2-4-11(13)9-14/h2-7,9-10H,8H2,1H3. The fourth-order valence-corrected chi connectivity index (χ4v) is 2.55. The van der Waals surface area contributed by atoms with Crippen molar-refractivity contribution < 1.29 is 4.79 Å². The van der Waals surface area contributed by atoms with Crippen molar-refractivity contribution in [1.29, 1.82) is 0 Å². The summed E-state index contributed by atoms with van der Waals surface area (Å²) in [4.78, 5) is 12.1. The molecular formula is C12H13NOS. The maximum Gasteiger partial charge on any atom is 0.166 e. The van der Waals surface area contributed by atoms with Gasteiger partial charge in [0, 0.05) is 23.5 Å². The average Bonchev–Trinajstić information content (AvgIpc) is 2.86. The zero-order valence-electron chi connectivity index (χ0n) is 8.59. The Hall–Kier alpha value is -1.35. The molecule has 0 saturated heterocycles. The highest BCUT2D eigenvalue weighted by atomic mass is 32.1. The lowest BCUT2D eigenvalue weighted by atomic mass is 10.2. The van der Waals surface area contributed by atoms with Gasteiger partial charge in [-0.1, -0.05) is 6.07 Å². The molecule has 0 saturated carbocycles. The third-order valence-corrected chi connectivity index (χ3v) is 3.38. The molecule has 78 valence electrons. The quantitative estimate of drug-likeness (QED) is 0.724. The monoisotopic (exact) mass is 219 g/mol. The van der Waals surface area contributed by atoms with Gasteiger partial charge in [0.2, 0.25) is 0 Å². The van der Waals surface area contributed by atoms with E-state index in [1.807, 2.05) is 22.9 Å². The summed E-state index contributed by atoms with van der Waals surface area (Å²) in [5, 5.41) is 2.08. The second-order valence-corrected chi connectivity index (χ2v) is 4.62. The first-order chi connectivity index (χ1) is 7.31. The van der Waals surface area contributed by atoms with Crippen LogP contribution in [0.3, 0.4) is 0 Å². The van der Waals surface area contributed by atoms with Crippen LogP contribution < -0.4 is 0 Å². The Morgan fingerprint density at radius 2 is 2.33 bits per heavy atom. The predicted molar refractivity (Wildman–Crippen MR) is 62.6 cm³/mol. The minimum Gasteiger partial charge on any atom is -0.342 e. The molecule has 1 unspecified atom stereocenters. The van der Waals surface area contributed by atoms with Gasteiger partial charge in [-0.25, -0.2) is 0 Å². The van der Waals surface area contributed by atoms with Crippen LogP contribution in [0.15, 0.2) is 35.8 Å². The Labute approximate surface area is 93.2 Å². The normalized spacial score (nSPS) is 12.6. The molecule has 0 aromatic carbocycles. The zero-order chi connectivity index (χ0) is 10.7. The van der Waals surface area contributed by atoms with Gasteiger partial charge in [0.1, 0.15) is 0 Å². The molecule has 0 amide bonds. The molecule has 0 aliphatic rings. The van der Waals surface area contributed by atoms with Gasteiger partial charge in [0.05, 0.1) is 5.69 Å². The minimum absolute atomic E-state index is 0.332. The maximum atomic E-state index is 10.8. The number of hydrogen-bond donors (Lipinski definition) is 0. The fourth-order valence-electron chi connectivity index (χ4n) is 1.73. The smallest absolute Gasteiger partial charge is 0.166 e. The molecule has 0 fully saturated rings. The molecule has 0 aliphatic carbocycles. The molecule has 2 nitrogen and oxygen atoms in total. The lowest BCUT2D eigenvalue weighted by Crippen LogP contribution is -2.09. The molecule has 2 aromatic heterocycles. The highest BCUT2D eigenvalue weighted by molar-refractivity contribution is 7.09. The van der Waals surface area contributed by atoms with E-state index in [4.69, 9.17) is 0 Å². The van der Waals surface area contributed by atoms with Gasteiger partial charge in [-0.05, 0) is 30.5 Å². The van der Waals surface area contributed by atoms with Gasteiger partial charge in [0.25, 0.3) is 0 Å². The first-order valence-corrected chi connectivity index (χ1v) is 5.83. The number of carbonyl (C=O) groups is 1. The van der Waals surface area contributed by atoms with E-state index in [0.29, 0.717) is 6.04 Å². The van der Waals surface area contributed by atoms with Gasteiger partial charge in [0.15, 0.2) is 6.29 Å². The third kappa shape index (κ3) is 2.18. The van der Waals surface area contributed by atoms with Crippen LogP contribution in [0.5, 0.6) is 0 Å². The Morgan fingerprint density at radius 3 is 3.00 bits per heavy atom. The molecule has 2 aromatic rings. The maximum absolute atomic E-state index is 10.8. The van der Waals surface area contributed by atoms with Crippen molar-refractivity contribution in [3.63, 3.8) is 0 Å². The minimum atomic E-state index is 0.332. The zero-order valence-corrected chi connectivity index (χ0v) is 9.41. The lowest BCUT2D eigenvalue weighted by molar-refractivity contribution is 0.111. The van der Waals surface area contributed by atoms with Crippen molar-refractivity contribution in [1.82, 2.24) is 4.57 Å². The number of hydrogen-bond acceptors (Lipinski definition) is 2.